The summed E-state index contributed by atoms with van der Waals surface area (Å²) in [5.41, 5.74) is 3.13. The third-order valence-corrected chi connectivity index (χ3v) is 3.32. The van der Waals surface area contributed by atoms with E-state index in [4.69, 9.17) is 15.0 Å². The Morgan fingerprint density at radius 2 is 2.10 bits per heavy atom. The predicted molar refractivity (Wildman–Crippen MR) is 76.1 cm³/mol. The Morgan fingerprint density at radius 3 is 2.80 bits per heavy atom. The molecule has 0 heterocycles. The molecule has 1 aliphatic rings. The summed E-state index contributed by atoms with van der Waals surface area (Å²) in [6.45, 7) is 6.04. The molecule has 0 saturated heterocycles. The number of aryl methyl sites for hydroxylation is 1. The van der Waals surface area contributed by atoms with Crippen LogP contribution in [0.3, 0.4) is 0 Å². The van der Waals surface area contributed by atoms with Crippen LogP contribution in [0.5, 0.6) is 0 Å². The van der Waals surface area contributed by atoms with Crippen molar-refractivity contribution in [1.82, 2.24) is 0 Å². The molecule has 0 radical (unpaired) electrons. The van der Waals surface area contributed by atoms with E-state index in [1.54, 1.807) is 0 Å². The highest BCUT2D eigenvalue weighted by Crippen LogP contribution is 2.38. The quantitative estimate of drug-likeness (QED) is 0.505. The largest absolute Gasteiger partial charge is 0.348 e. The summed E-state index contributed by atoms with van der Waals surface area (Å²) < 4.78 is 0. The van der Waals surface area contributed by atoms with Gasteiger partial charge in [0.1, 0.15) is 12.9 Å². The molecule has 0 fully saturated rings. The van der Waals surface area contributed by atoms with Gasteiger partial charge in [0, 0.05) is 11.5 Å². The van der Waals surface area contributed by atoms with Crippen LogP contribution in [-0.4, -0.2) is 17.5 Å². The molecule has 1 N–H and O–H groups in total. The van der Waals surface area contributed by atoms with E-state index in [0.29, 0.717) is 0 Å². The maximum Gasteiger partial charge on any atom is 0.131 e. The van der Waals surface area contributed by atoms with Crippen LogP contribution < -0.4 is 0 Å². The Labute approximate surface area is 119 Å². The summed E-state index contributed by atoms with van der Waals surface area (Å²) in [6, 6.07) is 8.33. The van der Waals surface area contributed by atoms with Gasteiger partial charge >= 0.3 is 0 Å². The van der Waals surface area contributed by atoms with Gasteiger partial charge < -0.3 is 4.89 Å². The zero-order chi connectivity index (χ0) is 14.6. The first-order valence-corrected chi connectivity index (χ1v) is 6.89. The van der Waals surface area contributed by atoms with Crippen LogP contribution in [0.1, 0.15) is 44.2 Å². The molecule has 4 nitrogen and oxygen atoms in total. The van der Waals surface area contributed by atoms with Gasteiger partial charge in [0.05, 0.1) is 5.60 Å². The molecule has 20 heavy (non-hydrogen) atoms. The summed E-state index contributed by atoms with van der Waals surface area (Å²) in [4.78, 5) is 14.8. The number of rotatable bonds is 5. The van der Waals surface area contributed by atoms with Gasteiger partial charge in [0.15, 0.2) is 0 Å². The van der Waals surface area contributed by atoms with Crippen molar-refractivity contribution in [3.63, 3.8) is 0 Å². The Kier molecular flexibility index (Phi) is 4.81. The fraction of sp³-hybridized carbons (Fsp3) is 0.500. The highest BCUT2D eigenvalue weighted by molar-refractivity contribution is 5.40. The van der Waals surface area contributed by atoms with Gasteiger partial charge in [-0.15, -0.1) is 0 Å². The first-order chi connectivity index (χ1) is 9.51. The van der Waals surface area contributed by atoms with E-state index in [-0.39, 0.29) is 18.1 Å². The first-order valence-electron chi connectivity index (χ1n) is 6.89. The maximum absolute atomic E-state index is 8.73. The van der Waals surface area contributed by atoms with E-state index < -0.39 is 0 Å². The van der Waals surface area contributed by atoms with E-state index in [0.717, 1.165) is 18.4 Å². The van der Waals surface area contributed by atoms with E-state index in [9.17, 15) is 0 Å². The molecule has 0 saturated carbocycles. The van der Waals surface area contributed by atoms with Crippen LogP contribution in [0.15, 0.2) is 36.1 Å². The normalized spacial score (nSPS) is 19.0. The molecule has 0 aliphatic heterocycles. The highest BCUT2D eigenvalue weighted by atomic mass is 17.2. The SMILES string of the molecule is CC(C)(C)OOC/C(=C/OO)C1CCc2ccccc21. The second kappa shape index (κ2) is 6.39. The van der Waals surface area contributed by atoms with Crippen LogP contribution in [0.4, 0.5) is 0 Å². The van der Waals surface area contributed by atoms with E-state index in [1.807, 2.05) is 32.9 Å². The molecule has 1 unspecified atom stereocenters. The lowest BCUT2D eigenvalue weighted by molar-refractivity contribution is -0.343. The lowest BCUT2D eigenvalue weighted by Gasteiger charge is -2.20. The van der Waals surface area contributed by atoms with Gasteiger partial charge in [-0.05, 0) is 44.7 Å². The van der Waals surface area contributed by atoms with Crippen LogP contribution in [0.25, 0.3) is 0 Å². The van der Waals surface area contributed by atoms with E-state index in [2.05, 4.69) is 17.0 Å². The average molecular weight is 278 g/mol. The molecule has 2 rings (SSSR count). The van der Waals surface area contributed by atoms with Crippen molar-refractivity contribution in [3.8, 4) is 0 Å². The topological polar surface area (TPSA) is 47.9 Å². The molecule has 0 bridgehead atoms. The molecule has 0 amide bonds. The molecule has 1 aromatic rings. The molecular formula is C16H22O4. The minimum absolute atomic E-state index is 0.210. The van der Waals surface area contributed by atoms with Gasteiger partial charge in [-0.25, -0.2) is 15.0 Å². The molecule has 1 atom stereocenters. The van der Waals surface area contributed by atoms with Crippen molar-refractivity contribution in [2.24, 2.45) is 0 Å². The summed E-state index contributed by atoms with van der Waals surface area (Å²) in [7, 11) is 0. The molecular weight excluding hydrogens is 256 g/mol. The van der Waals surface area contributed by atoms with Crippen molar-refractivity contribution in [1.29, 1.82) is 0 Å². The van der Waals surface area contributed by atoms with Gasteiger partial charge in [-0.2, -0.15) is 0 Å². The van der Waals surface area contributed by atoms with Crippen molar-refractivity contribution >= 4 is 0 Å². The molecule has 0 aromatic heterocycles. The monoisotopic (exact) mass is 278 g/mol. The number of benzene rings is 1. The fourth-order valence-electron chi connectivity index (χ4n) is 2.50. The van der Waals surface area contributed by atoms with Crippen LogP contribution in [0, 0.1) is 0 Å². The summed E-state index contributed by atoms with van der Waals surface area (Å²) in [6.07, 6.45) is 3.37. The average Bonchev–Trinajstić information content (AvgIpc) is 2.80. The molecule has 1 aromatic carbocycles. The Hall–Kier alpha value is -1.36. The minimum atomic E-state index is -0.362. The lowest BCUT2D eigenvalue weighted by Crippen LogP contribution is -2.20. The summed E-state index contributed by atoms with van der Waals surface area (Å²) in [5.74, 6) is 0.210. The first kappa shape index (κ1) is 15.0. The van der Waals surface area contributed by atoms with Crippen molar-refractivity contribution < 1.29 is 19.9 Å². The predicted octanol–water partition coefficient (Wildman–Crippen LogP) is 3.84. The Morgan fingerprint density at radius 1 is 1.35 bits per heavy atom. The zero-order valence-electron chi connectivity index (χ0n) is 12.3. The second-order valence-corrected chi connectivity index (χ2v) is 6.05. The Bertz CT molecular complexity index is 474. The van der Waals surface area contributed by atoms with Crippen molar-refractivity contribution in [2.45, 2.75) is 45.1 Å². The van der Waals surface area contributed by atoms with Gasteiger partial charge in [0.25, 0.3) is 0 Å². The standard InChI is InChI=1S/C16H22O4/c1-16(2,3)20-19-11-13(10-18-17)15-9-8-12-6-4-5-7-14(12)15/h4-7,10,15,17H,8-9,11H2,1-3H3/b13-10-. The van der Waals surface area contributed by atoms with Crippen LogP contribution in [-0.2, 0) is 21.1 Å². The molecule has 110 valence electrons. The van der Waals surface area contributed by atoms with Crippen molar-refractivity contribution in [3.05, 3.63) is 47.2 Å². The molecule has 4 heteroatoms. The molecule has 0 spiro atoms. The number of hydrogen-bond donors (Lipinski definition) is 1. The Balaban J connectivity index is 2.05. The smallest absolute Gasteiger partial charge is 0.131 e. The van der Waals surface area contributed by atoms with Crippen molar-refractivity contribution in [2.75, 3.05) is 6.61 Å². The third-order valence-electron chi connectivity index (χ3n) is 3.32. The van der Waals surface area contributed by atoms with E-state index >= 15 is 0 Å². The summed E-state index contributed by atoms with van der Waals surface area (Å²) in [5, 5.41) is 8.73. The number of fused-ring (bicyclic) bond motifs is 1. The third kappa shape index (κ3) is 3.82. The number of hydrogen-bond acceptors (Lipinski definition) is 4. The van der Waals surface area contributed by atoms with Crippen LogP contribution in [0.2, 0.25) is 0 Å². The zero-order valence-corrected chi connectivity index (χ0v) is 12.3. The maximum atomic E-state index is 8.73. The van der Waals surface area contributed by atoms with Crippen LogP contribution >= 0.6 is 0 Å². The minimum Gasteiger partial charge on any atom is -0.348 e. The van der Waals surface area contributed by atoms with Gasteiger partial charge in [-0.1, -0.05) is 24.3 Å². The summed E-state index contributed by atoms with van der Waals surface area (Å²) >= 11 is 0. The fourth-order valence-corrected chi connectivity index (χ4v) is 2.50. The highest BCUT2D eigenvalue weighted by Gasteiger charge is 2.26. The molecule has 1 aliphatic carbocycles. The lowest BCUT2D eigenvalue weighted by atomic mass is 9.94. The van der Waals surface area contributed by atoms with Gasteiger partial charge in [-0.3, -0.25) is 0 Å². The second-order valence-electron chi connectivity index (χ2n) is 6.05. The van der Waals surface area contributed by atoms with Gasteiger partial charge in [0.2, 0.25) is 0 Å². The van der Waals surface area contributed by atoms with E-state index in [1.165, 1.54) is 17.4 Å².